The van der Waals surface area contributed by atoms with E-state index in [-0.39, 0.29) is 5.92 Å². The Balaban J connectivity index is 2.38. The zero-order valence-electron chi connectivity index (χ0n) is 8.90. The van der Waals surface area contributed by atoms with Gasteiger partial charge in [-0.3, -0.25) is 0 Å². The maximum atomic E-state index is 9.16. The first-order valence-electron chi connectivity index (χ1n) is 4.98. The third-order valence-electron chi connectivity index (χ3n) is 2.73. The molecule has 1 aromatic rings. The van der Waals surface area contributed by atoms with Crippen LogP contribution in [0.25, 0.3) is 5.57 Å². The molecule has 0 bridgehead atoms. The highest BCUT2D eigenvalue weighted by molar-refractivity contribution is 5.71. The number of hydrogen-bond donors (Lipinski definition) is 0. The van der Waals surface area contributed by atoms with Crippen molar-refractivity contribution in [3.63, 3.8) is 0 Å². The van der Waals surface area contributed by atoms with Crippen LogP contribution in [0.15, 0.2) is 36.6 Å². The van der Waals surface area contributed by atoms with Gasteiger partial charge in [0.2, 0.25) is 0 Å². The van der Waals surface area contributed by atoms with E-state index in [4.69, 9.17) is 10.00 Å². The second-order valence-electron chi connectivity index (χ2n) is 4.22. The Morgan fingerprint density at radius 1 is 1.27 bits per heavy atom. The standard InChI is InChI=1S/C13H13NO/c1-13(2)12(8-14)11(9-15-13)10-6-4-3-5-7-10/h3-7,9,12H,1-2H3. The molecule has 1 atom stereocenters. The fraction of sp³-hybridized carbons (Fsp3) is 0.308. The third kappa shape index (κ3) is 1.61. The molecule has 0 N–H and O–H groups in total. The van der Waals surface area contributed by atoms with E-state index in [1.165, 1.54) is 0 Å². The van der Waals surface area contributed by atoms with Crippen LogP contribution in [-0.2, 0) is 4.74 Å². The van der Waals surface area contributed by atoms with E-state index in [1.54, 1.807) is 6.26 Å². The highest BCUT2D eigenvalue weighted by atomic mass is 16.5. The van der Waals surface area contributed by atoms with Gasteiger partial charge in [-0.1, -0.05) is 30.3 Å². The second kappa shape index (κ2) is 3.43. The van der Waals surface area contributed by atoms with Crippen LogP contribution in [0.1, 0.15) is 19.4 Å². The smallest absolute Gasteiger partial charge is 0.123 e. The zero-order valence-corrected chi connectivity index (χ0v) is 8.90. The average molecular weight is 199 g/mol. The van der Waals surface area contributed by atoms with Crippen molar-refractivity contribution in [2.45, 2.75) is 19.4 Å². The van der Waals surface area contributed by atoms with Crippen molar-refractivity contribution in [3.05, 3.63) is 42.2 Å². The van der Waals surface area contributed by atoms with Crippen molar-refractivity contribution in [3.8, 4) is 6.07 Å². The van der Waals surface area contributed by atoms with Crippen LogP contribution >= 0.6 is 0 Å². The fourth-order valence-corrected chi connectivity index (χ4v) is 1.82. The van der Waals surface area contributed by atoms with Gasteiger partial charge in [-0.25, -0.2) is 0 Å². The molecule has 2 rings (SSSR count). The van der Waals surface area contributed by atoms with Gasteiger partial charge in [0.1, 0.15) is 11.5 Å². The lowest BCUT2D eigenvalue weighted by molar-refractivity contribution is 0.0622. The molecule has 0 fully saturated rings. The van der Waals surface area contributed by atoms with E-state index in [9.17, 15) is 0 Å². The molecule has 2 heteroatoms. The average Bonchev–Trinajstić information content (AvgIpc) is 2.54. The first kappa shape index (κ1) is 9.79. The molecule has 0 saturated carbocycles. The van der Waals surface area contributed by atoms with Gasteiger partial charge in [0.05, 0.1) is 12.3 Å². The van der Waals surface area contributed by atoms with Gasteiger partial charge in [-0.15, -0.1) is 0 Å². The summed E-state index contributed by atoms with van der Waals surface area (Å²) in [5, 5.41) is 9.16. The quantitative estimate of drug-likeness (QED) is 0.696. The van der Waals surface area contributed by atoms with Gasteiger partial charge in [-0.05, 0) is 19.4 Å². The largest absolute Gasteiger partial charge is 0.493 e. The lowest BCUT2D eigenvalue weighted by atomic mass is 9.85. The summed E-state index contributed by atoms with van der Waals surface area (Å²) in [5.41, 5.74) is 1.62. The van der Waals surface area contributed by atoms with E-state index < -0.39 is 5.60 Å². The summed E-state index contributed by atoms with van der Waals surface area (Å²) in [6.45, 7) is 3.88. The van der Waals surface area contributed by atoms with Gasteiger partial charge in [0.25, 0.3) is 0 Å². The Kier molecular flexibility index (Phi) is 2.24. The van der Waals surface area contributed by atoms with Gasteiger partial charge in [0.15, 0.2) is 0 Å². The molecular formula is C13H13NO. The molecule has 1 aromatic carbocycles. The minimum Gasteiger partial charge on any atom is -0.493 e. The molecule has 0 saturated heterocycles. The Labute approximate surface area is 89.8 Å². The van der Waals surface area contributed by atoms with Gasteiger partial charge >= 0.3 is 0 Å². The Hall–Kier alpha value is -1.75. The predicted octanol–water partition coefficient (Wildman–Crippen LogP) is 2.98. The Bertz CT molecular complexity index is 426. The van der Waals surface area contributed by atoms with Crippen LogP contribution < -0.4 is 0 Å². The third-order valence-corrected chi connectivity index (χ3v) is 2.73. The lowest BCUT2D eigenvalue weighted by Crippen LogP contribution is -2.27. The first-order chi connectivity index (χ1) is 7.15. The van der Waals surface area contributed by atoms with Crippen molar-refractivity contribution in [2.75, 3.05) is 0 Å². The van der Waals surface area contributed by atoms with Crippen LogP contribution in [0.3, 0.4) is 0 Å². The van der Waals surface area contributed by atoms with E-state index in [0.29, 0.717) is 0 Å². The second-order valence-corrected chi connectivity index (χ2v) is 4.22. The maximum absolute atomic E-state index is 9.16. The molecule has 0 aromatic heterocycles. The highest BCUT2D eigenvalue weighted by Gasteiger charge is 2.39. The SMILES string of the molecule is CC1(C)OC=C(c2ccccc2)C1C#N. The number of nitriles is 1. The molecule has 0 spiro atoms. The number of rotatable bonds is 1. The molecule has 0 amide bonds. The normalized spacial score (nSPS) is 22.7. The maximum Gasteiger partial charge on any atom is 0.123 e. The first-order valence-corrected chi connectivity index (χ1v) is 4.98. The van der Waals surface area contributed by atoms with Crippen molar-refractivity contribution in [2.24, 2.45) is 5.92 Å². The molecule has 1 unspecified atom stereocenters. The van der Waals surface area contributed by atoms with Crippen molar-refractivity contribution >= 4 is 5.57 Å². The Morgan fingerprint density at radius 3 is 2.53 bits per heavy atom. The van der Waals surface area contributed by atoms with Gasteiger partial charge in [-0.2, -0.15) is 5.26 Å². The molecule has 15 heavy (non-hydrogen) atoms. The summed E-state index contributed by atoms with van der Waals surface area (Å²) in [6, 6.07) is 12.2. The molecule has 0 radical (unpaired) electrons. The van der Waals surface area contributed by atoms with Gasteiger partial charge in [0, 0.05) is 5.57 Å². The predicted molar refractivity (Wildman–Crippen MR) is 58.7 cm³/mol. The monoisotopic (exact) mass is 199 g/mol. The minimum atomic E-state index is -0.417. The zero-order chi connectivity index (χ0) is 10.9. The van der Waals surface area contributed by atoms with Crippen molar-refractivity contribution < 1.29 is 4.74 Å². The van der Waals surface area contributed by atoms with Crippen LogP contribution in [0.5, 0.6) is 0 Å². The molecule has 1 aliphatic rings. The van der Waals surface area contributed by atoms with Gasteiger partial charge < -0.3 is 4.74 Å². The molecule has 1 aliphatic heterocycles. The summed E-state index contributed by atoms with van der Waals surface area (Å²) in [6.07, 6.45) is 1.71. The van der Waals surface area contributed by atoms with E-state index in [2.05, 4.69) is 6.07 Å². The number of benzene rings is 1. The summed E-state index contributed by atoms with van der Waals surface area (Å²) in [4.78, 5) is 0. The number of hydrogen-bond acceptors (Lipinski definition) is 2. The van der Waals surface area contributed by atoms with Crippen LogP contribution in [0, 0.1) is 17.2 Å². The van der Waals surface area contributed by atoms with Crippen LogP contribution in [0.4, 0.5) is 0 Å². The van der Waals surface area contributed by atoms with Crippen molar-refractivity contribution in [1.29, 1.82) is 5.26 Å². The summed E-state index contributed by atoms with van der Waals surface area (Å²) in [5.74, 6) is -0.195. The molecule has 0 aliphatic carbocycles. The summed E-state index contributed by atoms with van der Waals surface area (Å²) >= 11 is 0. The molecule has 76 valence electrons. The Morgan fingerprint density at radius 2 is 1.93 bits per heavy atom. The fourth-order valence-electron chi connectivity index (χ4n) is 1.82. The minimum absolute atomic E-state index is 0.195. The van der Waals surface area contributed by atoms with Crippen LogP contribution in [-0.4, -0.2) is 5.60 Å². The van der Waals surface area contributed by atoms with E-state index >= 15 is 0 Å². The topological polar surface area (TPSA) is 33.0 Å². The molecular weight excluding hydrogens is 186 g/mol. The number of nitrogens with zero attached hydrogens (tertiary/aromatic N) is 1. The lowest BCUT2D eigenvalue weighted by Gasteiger charge is -2.22. The summed E-state index contributed by atoms with van der Waals surface area (Å²) < 4.78 is 5.53. The highest BCUT2D eigenvalue weighted by Crippen LogP contribution is 2.39. The summed E-state index contributed by atoms with van der Waals surface area (Å²) in [7, 11) is 0. The van der Waals surface area contributed by atoms with Crippen molar-refractivity contribution in [1.82, 2.24) is 0 Å². The molecule has 2 nitrogen and oxygen atoms in total. The number of ether oxygens (including phenoxy) is 1. The van der Waals surface area contributed by atoms with E-state index in [1.807, 2.05) is 44.2 Å². The van der Waals surface area contributed by atoms with Crippen LogP contribution in [0.2, 0.25) is 0 Å². The van der Waals surface area contributed by atoms with E-state index in [0.717, 1.165) is 11.1 Å². The molecule has 1 heterocycles.